The van der Waals surface area contributed by atoms with Crippen LogP contribution >= 0.6 is 0 Å². The Morgan fingerprint density at radius 2 is 2.05 bits per heavy atom. The molecule has 112 valence electrons. The summed E-state index contributed by atoms with van der Waals surface area (Å²) in [5.41, 5.74) is 2.49. The number of nitrogens with zero attached hydrogens (tertiary/aromatic N) is 4. The lowest BCUT2D eigenvalue weighted by Crippen LogP contribution is -2.16. The maximum atomic E-state index is 4.60. The molecule has 0 unspecified atom stereocenters. The minimum atomic E-state index is 0.475. The van der Waals surface area contributed by atoms with Gasteiger partial charge in [0, 0.05) is 18.2 Å². The van der Waals surface area contributed by atoms with Crippen LogP contribution in [0.5, 0.6) is 0 Å². The predicted octanol–water partition coefficient (Wildman–Crippen LogP) is 3.39. The number of hydrogen-bond donors (Lipinski definition) is 1. The van der Waals surface area contributed by atoms with E-state index in [4.69, 9.17) is 0 Å². The van der Waals surface area contributed by atoms with E-state index in [1.54, 1.807) is 10.8 Å². The summed E-state index contributed by atoms with van der Waals surface area (Å²) in [5, 5.41) is 7.84. The molecule has 1 fully saturated rings. The molecule has 0 bridgehead atoms. The highest BCUT2D eigenvalue weighted by atomic mass is 15.4. The minimum Gasteiger partial charge on any atom is -0.369 e. The average Bonchev–Trinajstić information content (AvgIpc) is 3.20. The maximum absolute atomic E-state index is 4.60. The number of benzene rings is 1. The first kappa shape index (κ1) is 13.2. The zero-order valence-electron chi connectivity index (χ0n) is 12.7. The van der Waals surface area contributed by atoms with Gasteiger partial charge >= 0.3 is 0 Å². The van der Waals surface area contributed by atoms with Crippen molar-refractivity contribution < 1.29 is 0 Å². The highest BCUT2D eigenvalue weighted by Gasteiger charge is 2.40. The molecule has 2 aromatic heterocycles. The molecule has 0 atom stereocenters. The van der Waals surface area contributed by atoms with E-state index in [1.165, 1.54) is 19.3 Å². The molecule has 0 radical (unpaired) electrons. The topological polar surface area (TPSA) is 55.1 Å². The van der Waals surface area contributed by atoms with Crippen molar-refractivity contribution in [1.29, 1.82) is 0 Å². The van der Waals surface area contributed by atoms with Crippen molar-refractivity contribution in [3.8, 4) is 11.3 Å². The van der Waals surface area contributed by atoms with Crippen molar-refractivity contribution in [2.45, 2.75) is 26.2 Å². The Labute approximate surface area is 129 Å². The van der Waals surface area contributed by atoms with Crippen LogP contribution < -0.4 is 5.32 Å². The first-order valence-electron chi connectivity index (χ1n) is 7.80. The van der Waals surface area contributed by atoms with Gasteiger partial charge in [0.15, 0.2) is 0 Å². The summed E-state index contributed by atoms with van der Waals surface area (Å²) in [6.07, 6.45) is 5.40. The molecule has 1 saturated carbocycles. The Kier molecular flexibility index (Phi) is 3.06. The van der Waals surface area contributed by atoms with Crippen LogP contribution in [0.2, 0.25) is 0 Å². The molecule has 0 saturated heterocycles. The van der Waals surface area contributed by atoms with Gasteiger partial charge in [0.1, 0.15) is 12.1 Å². The van der Waals surface area contributed by atoms with Crippen molar-refractivity contribution in [2.24, 2.45) is 5.41 Å². The standard InChI is InChI=1S/C17H19N5/c1-2-17(8-9-17)11-18-15-10-14(13-6-4-3-5-7-13)21-16-19-12-20-22(15)16/h3-7,10,12,18H,2,8-9,11H2,1H3. The number of nitrogens with one attached hydrogen (secondary N) is 1. The fourth-order valence-corrected chi connectivity index (χ4v) is 2.81. The summed E-state index contributed by atoms with van der Waals surface area (Å²) in [4.78, 5) is 8.84. The molecule has 1 aliphatic rings. The van der Waals surface area contributed by atoms with Crippen LogP contribution in [0.4, 0.5) is 5.82 Å². The Morgan fingerprint density at radius 1 is 1.23 bits per heavy atom. The first-order valence-corrected chi connectivity index (χ1v) is 7.80. The van der Waals surface area contributed by atoms with Crippen LogP contribution in [-0.4, -0.2) is 26.1 Å². The Hall–Kier alpha value is -2.43. The van der Waals surface area contributed by atoms with E-state index in [2.05, 4.69) is 45.5 Å². The highest BCUT2D eigenvalue weighted by molar-refractivity contribution is 5.65. The molecule has 1 aromatic carbocycles. The molecule has 5 heteroatoms. The largest absolute Gasteiger partial charge is 0.369 e. The molecule has 2 heterocycles. The van der Waals surface area contributed by atoms with Crippen molar-refractivity contribution in [1.82, 2.24) is 19.6 Å². The number of anilines is 1. The summed E-state index contributed by atoms with van der Waals surface area (Å²) < 4.78 is 1.78. The second-order valence-electron chi connectivity index (χ2n) is 6.07. The van der Waals surface area contributed by atoms with Crippen molar-refractivity contribution in [3.63, 3.8) is 0 Å². The van der Waals surface area contributed by atoms with Crippen molar-refractivity contribution in [3.05, 3.63) is 42.7 Å². The second kappa shape index (κ2) is 5.09. The predicted molar refractivity (Wildman–Crippen MR) is 86.7 cm³/mol. The summed E-state index contributed by atoms with van der Waals surface area (Å²) >= 11 is 0. The van der Waals surface area contributed by atoms with E-state index in [9.17, 15) is 0 Å². The molecule has 1 N–H and O–H groups in total. The zero-order chi connectivity index (χ0) is 15.0. The van der Waals surface area contributed by atoms with Gasteiger partial charge in [-0.25, -0.2) is 4.98 Å². The zero-order valence-corrected chi connectivity index (χ0v) is 12.7. The fraction of sp³-hybridized carbons (Fsp3) is 0.353. The van der Waals surface area contributed by atoms with Gasteiger partial charge < -0.3 is 5.32 Å². The third-order valence-electron chi connectivity index (χ3n) is 4.67. The van der Waals surface area contributed by atoms with Crippen LogP contribution in [0.25, 0.3) is 17.0 Å². The smallest absolute Gasteiger partial charge is 0.254 e. The van der Waals surface area contributed by atoms with E-state index < -0.39 is 0 Å². The van der Waals surface area contributed by atoms with Crippen LogP contribution in [0.15, 0.2) is 42.7 Å². The SMILES string of the molecule is CCC1(CNc2cc(-c3ccccc3)nc3ncnn23)CC1. The highest BCUT2D eigenvalue weighted by Crippen LogP contribution is 2.48. The van der Waals surface area contributed by atoms with Gasteiger partial charge in [-0.1, -0.05) is 37.3 Å². The van der Waals surface area contributed by atoms with E-state index in [0.29, 0.717) is 11.2 Å². The number of hydrogen-bond acceptors (Lipinski definition) is 4. The Bertz CT molecular complexity index is 789. The lowest BCUT2D eigenvalue weighted by Gasteiger charge is -2.15. The number of rotatable bonds is 5. The van der Waals surface area contributed by atoms with E-state index in [1.807, 2.05) is 18.2 Å². The molecule has 4 rings (SSSR count). The van der Waals surface area contributed by atoms with Crippen LogP contribution in [0.1, 0.15) is 26.2 Å². The molecule has 5 nitrogen and oxygen atoms in total. The third kappa shape index (κ3) is 2.32. The number of fused-ring (bicyclic) bond motifs is 1. The van der Waals surface area contributed by atoms with Crippen LogP contribution in [-0.2, 0) is 0 Å². The van der Waals surface area contributed by atoms with Gasteiger partial charge in [0.25, 0.3) is 5.78 Å². The van der Waals surface area contributed by atoms with Gasteiger partial charge in [0.05, 0.1) is 5.69 Å². The molecule has 0 aliphatic heterocycles. The fourth-order valence-electron chi connectivity index (χ4n) is 2.81. The van der Waals surface area contributed by atoms with Gasteiger partial charge in [-0.2, -0.15) is 14.6 Å². The normalized spacial score (nSPS) is 15.9. The first-order chi connectivity index (χ1) is 10.8. The second-order valence-corrected chi connectivity index (χ2v) is 6.07. The quantitative estimate of drug-likeness (QED) is 0.783. The third-order valence-corrected chi connectivity index (χ3v) is 4.67. The van der Waals surface area contributed by atoms with Crippen molar-refractivity contribution >= 4 is 11.6 Å². The molecule has 1 aliphatic carbocycles. The van der Waals surface area contributed by atoms with Gasteiger partial charge in [-0.15, -0.1) is 0 Å². The lowest BCUT2D eigenvalue weighted by atomic mass is 10.0. The molecular weight excluding hydrogens is 274 g/mol. The minimum absolute atomic E-state index is 0.475. The van der Waals surface area contributed by atoms with Gasteiger partial charge in [-0.3, -0.25) is 0 Å². The average molecular weight is 293 g/mol. The van der Waals surface area contributed by atoms with Crippen LogP contribution in [0, 0.1) is 5.41 Å². The van der Waals surface area contributed by atoms with Gasteiger partial charge in [0.2, 0.25) is 0 Å². The summed E-state index contributed by atoms with van der Waals surface area (Å²) in [6.45, 7) is 3.25. The molecule has 3 aromatic rings. The molecule has 0 amide bonds. The lowest BCUT2D eigenvalue weighted by molar-refractivity contribution is 0.520. The van der Waals surface area contributed by atoms with E-state index >= 15 is 0 Å². The molecular formula is C17H19N5. The Morgan fingerprint density at radius 3 is 2.77 bits per heavy atom. The van der Waals surface area contributed by atoms with Crippen molar-refractivity contribution in [2.75, 3.05) is 11.9 Å². The Balaban J connectivity index is 1.71. The maximum Gasteiger partial charge on any atom is 0.254 e. The van der Waals surface area contributed by atoms with E-state index in [-0.39, 0.29) is 0 Å². The molecule has 0 spiro atoms. The molecule has 22 heavy (non-hydrogen) atoms. The van der Waals surface area contributed by atoms with Crippen LogP contribution in [0.3, 0.4) is 0 Å². The van der Waals surface area contributed by atoms with Gasteiger partial charge in [-0.05, 0) is 24.7 Å². The summed E-state index contributed by atoms with van der Waals surface area (Å²) in [5.74, 6) is 1.59. The van der Waals surface area contributed by atoms with E-state index in [0.717, 1.165) is 23.6 Å². The summed E-state index contributed by atoms with van der Waals surface area (Å²) in [6, 6.07) is 12.2. The summed E-state index contributed by atoms with van der Waals surface area (Å²) in [7, 11) is 0. The monoisotopic (exact) mass is 293 g/mol. The number of aromatic nitrogens is 4.